The van der Waals surface area contributed by atoms with Gasteiger partial charge in [0.1, 0.15) is 0 Å². The van der Waals surface area contributed by atoms with Crippen LogP contribution in [0.4, 0.5) is 0 Å². The zero-order valence-corrected chi connectivity index (χ0v) is 9.87. The van der Waals surface area contributed by atoms with Gasteiger partial charge in [-0.15, -0.1) is 0 Å². The maximum absolute atomic E-state index is 9.72. The van der Waals surface area contributed by atoms with Crippen molar-refractivity contribution in [2.45, 2.75) is 38.5 Å². The van der Waals surface area contributed by atoms with Gasteiger partial charge in [0, 0.05) is 30.2 Å². The molecule has 1 aliphatic rings. The van der Waals surface area contributed by atoms with Crippen molar-refractivity contribution >= 4 is 0 Å². The molecule has 0 aliphatic heterocycles. The monoisotopic (exact) mass is 223 g/mol. The highest BCUT2D eigenvalue weighted by atomic mass is 16.3. The van der Waals surface area contributed by atoms with Gasteiger partial charge in [-0.05, 0) is 25.3 Å². The molecule has 2 rings (SSSR count). The first-order chi connectivity index (χ1) is 7.73. The molecule has 1 aliphatic carbocycles. The van der Waals surface area contributed by atoms with Crippen molar-refractivity contribution in [1.82, 2.24) is 10.2 Å². The second-order valence-electron chi connectivity index (χ2n) is 4.98. The fraction of sp³-hybridized carbons (Fsp3) is 0.750. The van der Waals surface area contributed by atoms with E-state index in [4.69, 9.17) is 5.73 Å². The lowest BCUT2D eigenvalue weighted by Crippen LogP contribution is -2.35. The van der Waals surface area contributed by atoms with Crippen LogP contribution in [0.3, 0.4) is 0 Å². The first-order valence-electron chi connectivity index (χ1n) is 6.04. The summed E-state index contributed by atoms with van der Waals surface area (Å²) in [7, 11) is 0. The third kappa shape index (κ3) is 1.76. The largest absolute Gasteiger partial charge is 0.396 e. The number of hydrogen-bond acceptors (Lipinski definition) is 3. The smallest absolute Gasteiger partial charge is 0.0519 e. The predicted octanol–water partition coefficient (Wildman–Crippen LogP) is 1.31. The summed E-state index contributed by atoms with van der Waals surface area (Å²) in [4.78, 5) is 0. The zero-order chi connectivity index (χ0) is 11.6. The quantitative estimate of drug-likeness (QED) is 0.720. The summed E-state index contributed by atoms with van der Waals surface area (Å²) in [5.41, 5.74) is 8.15. The van der Waals surface area contributed by atoms with Gasteiger partial charge in [0.05, 0.1) is 6.20 Å². The molecule has 1 aromatic rings. The minimum absolute atomic E-state index is 0.0218. The molecule has 0 spiro atoms. The standard InChI is InChI=1S/C12H21N3O/c1-9-7-14-15-11(9)10(6-13)12(8-16)4-2-3-5-12/h7,10,16H,2-6,8,13H2,1H3,(H,14,15)/t10-/m0/s1. The van der Waals surface area contributed by atoms with Crippen molar-refractivity contribution in [3.63, 3.8) is 0 Å². The summed E-state index contributed by atoms with van der Waals surface area (Å²) >= 11 is 0. The molecule has 16 heavy (non-hydrogen) atoms. The predicted molar refractivity (Wildman–Crippen MR) is 63.1 cm³/mol. The van der Waals surface area contributed by atoms with E-state index < -0.39 is 0 Å². The van der Waals surface area contributed by atoms with Gasteiger partial charge >= 0.3 is 0 Å². The highest BCUT2D eigenvalue weighted by Crippen LogP contribution is 2.48. The average Bonchev–Trinajstić information content (AvgIpc) is 2.91. The maximum Gasteiger partial charge on any atom is 0.0519 e. The Hall–Kier alpha value is -0.870. The number of H-pyrrole nitrogens is 1. The first kappa shape index (κ1) is 11.6. The Morgan fingerprint density at radius 2 is 2.25 bits per heavy atom. The maximum atomic E-state index is 9.72. The average molecular weight is 223 g/mol. The molecule has 90 valence electrons. The lowest BCUT2D eigenvalue weighted by atomic mass is 9.72. The molecule has 1 heterocycles. The van der Waals surface area contributed by atoms with E-state index in [1.807, 2.05) is 13.1 Å². The number of aliphatic hydroxyl groups is 1. The molecule has 1 saturated carbocycles. The number of aryl methyl sites for hydroxylation is 1. The molecule has 0 aromatic carbocycles. The Balaban J connectivity index is 2.31. The van der Waals surface area contributed by atoms with Crippen molar-refractivity contribution < 1.29 is 5.11 Å². The van der Waals surface area contributed by atoms with Crippen LogP contribution in [0.5, 0.6) is 0 Å². The van der Waals surface area contributed by atoms with Crippen LogP contribution in [-0.2, 0) is 0 Å². The van der Waals surface area contributed by atoms with Gasteiger partial charge < -0.3 is 10.8 Å². The van der Waals surface area contributed by atoms with E-state index in [0.29, 0.717) is 6.54 Å². The number of aromatic nitrogens is 2. The Kier molecular flexibility index (Phi) is 3.30. The van der Waals surface area contributed by atoms with Crippen molar-refractivity contribution in [2.75, 3.05) is 13.2 Å². The van der Waals surface area contributed by atoms with Crippen molar-refractivity contribution in [2.24, 2.45) is 11.1 Å². The van der Waals surface area contributed by atoms with Crippen molar-refractivity contribution in [3.05, 3.63) is 17.5 Å². The molecule has 1 aromatic heterocycles. The van der Waals surface area contributed by atoms with E-state index in [0.717, 1.165) is 24.1 Å². The van der Waals surface area contributed by atoms with Gasteiger partial charge in [0.2, 0.25) is 0 Å². The number of hydrogen-bond donors (Lipinski definition) is 3. The van der Waals surface area contributed by atoms with Gasteiger partial charge in [0.15, 0.2) is 0 Å². The van der Waals surface area contributed by atoms with Crippen LogP contribution in [-0.4, -0.2) is 28.5 Å². The minimum atomic E-state index is -0.0218. The lowest BCUT2D eigenvalue weighted by Gasteiger charge is -2.35. The highest BCUT2D eigenvalue weighted by Gasteiger charge is 2.42. The third-order valence-corrected chi connectivity index (χ3v) is 4.11. The van der Waals surface area contributed by atoms with Gasteiger partial charge in [-0.2, -0.15) is 5.10 Å². The molecule has 4 nitrogen and oxygen atoms in total. The second-order valence-corrected chi connectivity index (χ2v) is 4.98. The van der Waals surface area contributed by atoms with Crippen molar-refractivity contribution in [3.8, 4) is 0 Å². The van der Waals surface area contributed by atoms with E-state index in [2.05, 4.69) is 10.2 Å². The zero-order valence-electron chi connectivity index (χ0n) is 9.87. The summed E-state index contributed by atoms with van der Waals surface area (Å²) in [6, 6.07) is 0. The first-order valence-corrected chi connectivity index (χ1v) is 6.04. The number of aliphatic hydroxyl groups excluding tert-OH is 1. The molecule has 0 unspecified atom stereocenters. The Morgan fingerprint density at radius 1 is 1.56 bits per heavy atom. The van der Waals surface area contributed by atoms with Crippen LogP contribution in [0.15, 0.2) is 6.20 Å². The molecule has 0 saturated heterocycles. The van der Waals surface area contributed by atoms with Crippen molar-refractivity contribution in [1.29, 1.82) is 0 Å². The molecule has 0 radical (unpaired) electrons. The molecular formula is C12H21N3O. The SMILES string of the molecule is Cc1cn[nH]c1[C@H](CN)C1(CO)CCCC1. The fourth-order valence-corrected chi connectivity index (χ4v) is 3.08. The van der Waals surface area contributed by atoms with Gasteiger partial charge in [-0.1, -0.05) is 12.8 Å². The van der Waals surface area contributed by atoms with E-state index in [-0.39, 0.29) is 17.9 Å². The van der Waals surface area contributed by atoms with Crippen LogP contribution in [0.25, 0.3) is 0 Å². The molecule has 0 amide bonds. The fourth-order valence-electron chi connectivity index (χ4n) is 3.08. The van der Waals surface area contributed by atoms with Gasteiger partial charge in [-0.3, -0.25) is 5.10 Å². The number of aromatic amines is 1. The summed E-state index contributed by atoms with van der Waals surface area (Å²) < 4.78 is 0. The van der Waals surface area contributed by atoms with Crippen LogP contribution in [0.1, 0.15) is 42.9 Å². The van der Waals surface area contributed by atoms with Crippen LogP contribution in [0.2, 0.25) is 0 Å². The van der Waals surface area contributed by atoms with Crippen LogP contribution in [0, 0.1) is 12.3 Å². The van der Waals surface area contributed by atoms with Gasteiger partial charge in [0.25, 0.3) is 0 Å². The van der Waals surface area contributed by atoms with Crippen LogP contribution >= 0.6 is 0 Å². The van der Waals surface area contributed by atoms with Crippen LogP contribution < -0.4 is 5.73 Å². The molecule has 0 bridgehead atoms. The Bertz CT molecular complexity index is 342. The number of nitrogens with one attached hydrogen (secondary N) is 1. The van der Waals surface area contributed by atoms with E-state index in [1.165, 1.54) is 12.8 Å². The van der Waals surface area contributed by atoms with E-state index in [1.54, 1.807) is 0 Å². The topological polar surface area (TPSA) is 74.9 Å². The Morgan fingerprint density at radius 3 is 2.69 bits per heavy atom. The summed E-state index contributed by atoms with van der Waals surface area (Å²) in [5.74, 6) is 0.211. The van der Waals surface area contributed by atoms with E-state index in [9.17, 15) is 5.11 Å². The Labute approximate surface area is 96.2 Å². The normalized spacial score (nSPS) is 21.2. The van der Waals surface area contributed by atoms with Gasteiger partial charge in [-0.25, -0.2) is 0 Å². The molecule has 1 fully saturated rings. The second kappa shape index (κ2) is 4.55. The highest BCUT2D eigenvalue weighted by molar-refractivity contribution is 5.22. The number of nitrogens with zero attached hydrogens (tertiary/aromatic N) is 1. The summed E-state index contributed by atoms with van der Waals surface area (Å²) in [6.45, 7) is 2.85. The van der Waals surface area contributed by atoms with E-state index >= 15 is 0 Å². The molecule has 4 N–H and O–H groups in total. The number of nitrogens with two attached hydrogens (primary N) is 1. The summed E-state index contributed by atoms with van der Waals surface area (Å²) in [6.07, 6.45) is 6.38. The lowest BCUT2D eigenvalue weighted by molar-refractivity contribution is 0.101. The summed E-state index contributed by atoms with van der Waals surface area (Å²) in [5, 5.41) is 16.8. The molecule has 4 heteroatoms. The molecule has 1 atom stereocenters. The third-order valence-electron chi connectivity index (χ3n) is 4.11. The molecular weight excluding hydrogens is 202 g/mol. The number of rotatable bonds is 4. The minimum Gasteiger partial charge on any atom is -0.396 e.